The van der Waals surface area contributed by atoms with Gasteiger partial charge in [0.25, 0.3) is 0 Å². The first-order valence-electron chi connectivity index (χ1n) is 17.0. The quantitative estimate of drug-likeness (QED) is 0.187. The number of nitrogens with zero attached hydrogens (tertiary/aromatic N) is 1. The Labute approximate surface area is 296 Å². The van der Waals surface area contributed by atoms with Gasteiger partial charge in [0.15, 0.2) is 0 Å². The third-order valence-electron chi connectivity index (χ3n) is 10.2. The molecule has 2 aliphatic heterocycles. The van der Waals surface area contributed by atoms with E-state index in [4.69, 9.17) is 4.74 Å². The van der Waals surface area contributed by atoms with Crippen molar-refractivity contribution in [3.8, 4) is 22.6 Å². The molecule has 8 aromatic carbocycles. The lowest BCUT2D eigenvalue weighted by Gasteiger charge is -2.45. The van der Waals surface area contributed by atoms with Gasteiger partial charge in [-0.25, -0.2) is 0 Å². The molecule has 0 radical (unpaired) electrons. The van der Waals surface area contributed by atoms with Crippen molar-refractivity contribution in [1.82, 2.24) is 0 Å². The average Bonchev–Trinajstić information content (AvgIpc) is 3.18. The van der Waals surface area contributed by atoms with Gasteiger partial charge in [-0.3, -0.25) is 0 Å². The SMILES string of the molecule is c1ccc(N(c2ccc(-c3cccc4ccccc34)cc2)c2ccc3c(c2)C2(c4ccccc4Oc4ccccc42)c2ccccc2S3)cc1. The Morgan fingerprint density at radius 1 is 0.420 bits per heavy atom. The molecule has 2 heterocycles. The molecule has 10 rings (SSSR count). The van der Waals surface area contributed by atoms with Crippen molar-refractivity contribution < 1.29 is 4.74 Å². The first kappa shape index (κ1) is 28.9. The topological polar surface area (TPSA) is 12.5 Å². The zero-order chi connectivity index (χ0) is 33.1. The summed E-state index contributed by atoms with van der Waals surface area (Å²) in [6.07, 6.45) is 0. The van der Waals surface area contributed by atoms with Gasteiger partial charge in [-0.1, -0.05) is 139 Å². The minimum atomic E-state index is -0.556. The van der Waals surface area contributed by atoms with Gasteiger partial charge in [-0.15, -0.1) is 0 Å². The number of ether oxygens (including phenoxy) is 1. The molecule has 50 heavy (non-hydrogen) atoms. The molecule has 0 atom stereocenters. The van der Waals surface area contributed by atoms with Crippen LogP contribution in [0.25, 0.3) is 21.9 Å². The summed E-state index contributed by atoms with van der Waals surface area (Å²) in [4.78, 5) is 4.89. The highest BCUT2D eigenvalue weighted by Gasteiger charge is 2.49. The van der Waals surface area contributed by atoms with E-state index in [0.29, 0.717) is 0 Å². The van der Waals surface area contributed by atoms with Crippen molar-refractivity contribution in [3.05, 3.63) is 210 Å². The van der Waals surface area contributed by atoms with Crippen LogP contribution in [0.15, 0.2) is 198 Å². The van der Waals surface area contributed by atoms with Crippen molar-refractivity contribution >= 4 is 39.6 Å². The number of para-hydroxylation sites is 3. The van der Waals surface area contributed by atoms with Gasteiger partial charge in [-0.05, 0) is 93.7 Å². The molecular weight excluding hydrogens is 627 g/mol. The number of hydrogen-bond acceptors (Lipinski definition) is 3. The fourth-order valence-corrected chi connectivity index (χ4v) is 9.21. The monoisotopic (exact) mass is 657 g/mol. The van der Waals surface area contributed by atoms with Crippen LogP contribution in [0.1, 0.15) is 22.3 Å². The lowest BCUT2D eigenvalue weighted by atomic mass is 9.63. The summed E-state index contributed by atoms with van der Waals surface area (Å²) in [5.41, 5.74) is 10.1. The third-order valence-corrected chi connectivity index (χ3v) is 11.3. The van der Waals surface area contributed by atoms with E-state index in [1.807, 2.05) is 11.8 Å². The van der Waals surface area contributed by atoms with Crippen LogP contribution in [-0.4, -0.2) is 0 Å². The van der Waals surface area contributed by atoms with E-state index < -0.39 is 5.41 Å². The molecule has 236 valence electrons. The van der Waals surface area contributed by atoms with Gasteiger partial charge in [0, 0.05) is 38.0 Å². The van der Waals surface area contributed by atoms with Crippen molar-refractivity contribution in [3.63, 3.8) is 0 Å². The van der Waals surface area contributed by atoms with Gasteiger partial charge in [0.05, 0.1) is 5.41 Å². The Morgan fingerprint density at radius 2 is 1.00 bits per heavy atom. The second-order valence-corrected chi connectivity index (χ2v) is 14.0. The molecule has 8 aromatic rings. The van der Waals surface area contributed by atoms with E-state index >= 15 is 0 Å². The predicted octanol–water partition coefficient (Wildman–Crippen LogP) is 12.9. The Balaban J connectivity index is 1.19. The lowest BCUT2D eigenvalue weighted by Crippen LogP contribution is -2.36. The number of fused-ring (bicyclic) bond motifs is 9. The number of anilines is 3. The molecule has 0 saturated heterocycles. The van der Waals surface area contributed by atoms with Crippen molar-refractivity contribution in [1.29, 1.82) is 0 Å². The van der Waals surface area contributed by atoms with E-state index in [2.05, 4.69) is 193 Å². The molecule has 0 amide bonds. The molecule has 2 nitrogen and oxygen atoms in total. The Morgan fingerprint density at radius 3 is 1.78 bits per heavy atom. The van der Waals surface area contributed by atoms with Crippen LogP contribution >= 0.6 is 11.8 Å². The molecule has 0 unspecified atom stereocenters. The van der Waals surface area contributed by atoms with E-state index in [1.54, 1.807) is 0 Å². The standard InChI is InChI=1S/C47H31NOS/c1-2-15-34(16-3-1)48(35-27-25-33(26-28-35)38-18-12-14-32-13-4-5-17-37(32)38)36-29-30-46-42(31-36)47(41-21-8-11-24-45(41)50-46)39-19-6-9-22-43(39)49-44-23-10-7-20-40(44)47/h1-31H. The summed E-state index contributed by atoms with van der Waals surface area (Å²) in [5.74, 6) is 1.79. The molecule has 1 spiro atoms. The van der Waals surface area contributed by atoms with Gasteiger partial charge in [0.1, 0.15) is 11.5 Å². The fraction of sp³-hybridized carbons (Fsp3) is 0.0213. The molecule has 3 heteroatoms. The third kappa shape index (κ3) is 4.37. The normalized spacial score (nSPS) is 13.4. The lowest BCUT2D eigenvalue weighted by molar-refractivity contribution is 0.431. The summed E-state index contributed by atoms with van der Waals surface area (Å²) in [7, 11) is 0. The van der Waals surface area contributed by atoms with Gasteiger partial charge < -0.3 is 9.64 Å². The molecule has 0 fully saturated rings. The summed E-state index contributed by atoms with van der Waals surface area (Å²) < 4.78 is 6.61. The molecule has 0 aromatic heterocycles. The van der Waals surface area contributed by atoms with Crippen molar-refractivity contribution in [2.45, 2.75) is 15.2 Å². The number of rotatable bonds is 4. The first-order valence-corrected chi connectivity index (χ1v) is 17.8. The van der Waals surface area contributed by atoms with E-state index in [0.717, 1.165) is 39.7 Å². The largest absolute Gasteiger partial charge is 0.457 e. The maximum atomic E-state index is 6.61. The average molecular weight is 658 g/mol. The molecule has 0 bridgehead atoms. The molecule has 0 N–H and O–H groups in total. The summed E-state index contributed by atoms with van der Waals surface area (Å²) >= 11 is 1.85. The van der Waals surface area contributed by atoms with Crippen LogP contribution in [0.5, 0.6) is 11.5 Å². The van der Waals surface area contributed by atoms with E-state index in [-0.39, 0.29) is 0 Å². The first-order chi connectivity index (χ1) is 24.8. The second kappa shape index (κ2) is 11.5. The van der Waals surface area contributed by atoms with Crippen LogP contribution < -0.4 is 9.64 Å². The minimum absolute atomic E-state index is 0.556. The van der Waals surface area contributed by atoms with Gasteiger partial charge >= 0.3 is 0 Å². The second-order valence-electron chi connectivity index (χ2n) is 12.9. The number of hydrogen-bond donors (Lipinski definition) is 0. The zero-order valence-corrected chi connectivity index (χ0v) is 28.0. The fourth-order valence-electron chi connectivity index (χ4n) is 8.03. The van der Waals surface area contributed by atoms with Crippen molar-refractivity contribution in [2.75, 3.05) is 4.90 Å². The highest BCUT2D eigenvalue weighted by Crippen LogP contribution is 2.62. The van der Waals surface area contributed by atoms with Gasteiger partial charge in [0.2, 0.25) is 0 Å². The summed E-state index contributed by atoms with van der Waals surface area (Å²) in [6.45, 7) is 0. The van der Waals surface area contributed by atoms with E-state index in [9.17, 15) is 0 Å². The molecule has 2 aliphatic rings. The van der Waals surface area contributed by atoms with Crippen LogP contribution in [0, 0.1) is 0 Å². The van der Waals surface area contributed by atoms with Crippen LogP contribution in [0.4, 0.5) is 17.1 Å². The van der Waals surface area contributed by atoms with Crippen LogP contribution in [0.2, 0.25) is 0 Å². The Kier molecular flexibility index (Phi) is 6.68. The van der Waals surface area contributed by atoms with Crippen LogP contribution in [-0.2, 0) is 5.41 Å². The van der Waals surface area contributed by atoms with Gasteiger partial charge in [-0.2, -0.15) is 0 Å². The van der Waals surface area contributed by atoms with E-state index in [1.165, 1.54) is 42.8 Å². The smallest absolute Gasteiger partial charge is 0.132 e. The maximum Gasteiger partial charge on any atom is 0.132 e. The molecule has 0 saturated carbocycles. The predicted molar refractivity (Wildman–Crippen MR) is 207 cm³/mol. The number of benzene rings is 8. The highest BCUT2D eigenvalue weighted by atomic mass is 32.2. The minimum Gasteiger partial charge on any atom is -0.457 e. The molecule has 0 aliphatic carbocycles. The molecular formula is C47H31NOS. The summed E-state index contributed by atoms with van der Waals surface area (Å²) in [6, 6.07) is 67.9. The summed E-state index contributed by atoms with van der Waals surface area (Å²) in [5, 5.41) is 2.51. The van der Waals surface area contributed by atoms with Crippen LogP contribution in [0.3, 0.4) is 0 Å². The Hall–Kier alpha value is -6.03. The zero-order valence-electron chi connectivity index (χ0n) is 27.2. The maximum absolute atomic E-state index is 6.61. The Bertz CT molecular complexity index is 2450. The highest BCUT2D eigenvalue weighted by molar-refractivity contribution is 7.99. The van der Waals surface area contributed by atoms with Crippen molar-refractivity contribution in [2.24, 2.45) is 0 Å².